The van der Waals surface area contributed by atoms with E-state index in [2.05, 4.69) is 17.1 Å². The van der Waals surface area contributed by atoms with Crippen molar-refractivity contribution in [2.75, 3.05) is 32.6 Å². The maximum Gasteiger partial charge on any atom is 0.238 e. The van der Waals surface area contributed by atoms with Crippen LogP contribution in [0.3, 0.4) is 0 Å². The lowest BCUT2D eigenvalue weighted by molar-refractivity contribution is -0.117. The number of fused-ring (bicyclic) bond motifs is 1. The van der Waals surface area contributed by atoms with E-state index in [9.17, 15) is 4.79 Å². The van der Waals surface area contributed by atoms with Crippen LogP contribution in [0.1, 0.15) is 29.7 Å². The lowest BCUT2D eigenvalue weighted by Crippen LogP contribution is -2.39. The zero-order chi connectivity index (χ0) is 18.7. The largest absolute Gasteiger partial charge is 0.493 e. The van der Waals surface area contributed by atoms with Crippen LogP contribution in [0.5, 0.6) is 11.5 Å². The van der Waals surface area contributed by atoms with E-state index in [1.165, 1.54) is 16.7 Å². The Hall–Kier alpha value is -2.53. The number of hydrogen-bond acceptors (Lipinski definition) is 4. The van der Waals surface area contributed by atoms with Crippen molar-refractivity contribution >= 4 is 11.6 Å². The van der Waals surface area contributed by atoms with Gasteiger partial charge in [-0.3, -0.25) is 9.69 Å². The minimum Gasteiger partial charge on any atom is -0.493 e. The molecule has 1 N–H and O–H groups in total. The lowest BCUT2D eigenvalue weighted by Gasteiger charge is -2.35. The highest BCUT2D eigenvalue weighted by molar-refractivity contribution is 5.92. The molecule has 0 aliphatic carbocycles. The maximum atomic E-state index is 12.4. The number of aryl methyl sites for hydroxylation is 1. The summed E-state index contributed by atoms with van der Waals surface area (Å²) in [5.74, 6) is 1.48. The number of amides is 1. The first-order valence-electron chi connectivity index (χ1n) is 8.87. The Morgan fingerprint density at radius 2 is 1.81 bits per heavy atom. The number of carbonyl (C=O) groups excluding carboxylic acids is 1. The summed E-state index contributed by atoms with van der Waals surface area (Å²) in [4.78, 5) is 14.6. The lowest BCUT2D eigenvalue weighted by atomic mass is 9.93. The molecule has 1 aliphatic heterocycles. The number of carbonyl (C=O) groups is 1. The molecule has 0 spiro atoms. The van der Waals surface area contributed by atoms with Gasteiger partial charge in [-0.15, -0.1) is 0 Å². The topological polar surface area (TPSA) is 50.8 Å². The summed E-state index contributed by atoms with van der Waals surface area (Å²) in [7, 11) is 3.29. The van der Waals surface area contributed by atoms with Gasteiger partial charge in [0, 0.05) is 18.3 Å². The van der Waals surface area contributed by atoms with Crippen LogP contribution in [0, 0.1) is 6.92 Å². The fourth-order valence-corrected chi connectivity index (χ4v) is 3.43. The van der Waals surface area contributed by atoms with Crippen LogP contribution in [0.2, 0.25) is 0 Å². The molecular formula is C21H26N2O3. The normalized spacial score (nSPS) is 16.7. The molecule has 2 aromatic rings. The van der Waals surface area contributed by atoms with Crippen molar-refractivity contribution in [1.29, 1.82) is 0 Å². The molecule has 1 atom stereocenters. The van der Waals surface area contributed by atoms with Crippen molar-refractivity contribution in [2.45, 2.75) is 26.3 Å². The summed E-state index contributed by atoms with van der Waals surface area (Å²) in [6.45, 7) is 5.36. The number of anilines is 1. The van der Waals surface area contributed by atoms with Gasteiger partial charge in [0.05, 0.1) is 20.8 Å². The molecule has 0 saturated heterocycles. The first-order valence-corrected chi connectivity index (χ1v) is 8.87. The van der Waals surface area contributed by atoms with E-state index in [4.69, 9.17) is 9.47 Å². The van der Waals surface area contributed by atoms with Crippen LogP contribution in [0.15, 0.2) is 36.4 Å². The Morgan fingerprint density at radius 1 is 1.15 bits per heavy atom. The predicted octanol–water partition coefficient (Wildman–Crippen LogP) is 3.57. The van der Waals surface area contributed by atoms with Crippen LogP contribution in [-0.4, -0.2) is 38.1 Å². The van der Waals surface area contributed by atoms with Crippen molar-refractivity contribution < 1.29 is 14.3 Å². The molecule has 1 aliphatic rings. The first-order chi connectivity index (χ1) is 12.5. The van der Waals surface area contributed by atoms with E-state index in [1.807, 2.05) is 43.3 Å². The summed E-state index contributed by atoms with van der Waals surface area (Å²) in [5, 5.41) is 2.98. The molecule has 0 bridgehead atoms. The second-order valence-electron chi connectivity index (χ2n) is 6.72. The van der Waals surface area contributed by atoms with Crippen LogP contribution < -0.4 is 14.8 Å². The van der Waals surface area contributed by atoms with Crippen LogP contribution in [0.25, 0.3) is 0 Å². The number of rotatable bonds is 5. The molecule has 1 unspecified atom stereocenters. The Kier molecular flexibility index (Phi) is 5.47. The van der Waals surface area contributed by atoms with E-state index < -0.39 is 0 Å². The molecule has 0 radical (unpaired) electrons. The molecule has 0 saturated carbocycles. The Bertz CT molecular complexity index is 787. The van der Waals surface area contributed by atoms with E-state index in [0.29, 0.717) is 6.54 Å². The fraction of sp³-hybridized carbons (Fsp3) is 0.381. The summed E-state index contributed by atoms with van der Waals surface area (Å²) >= 11 is 0. The highest BCUT2D eigenvalue weighted by atomic mass is 16.5. The monoisotopic (exact) mass is 354 g/mol. The van der Waals surface area contributed by atoms with E-state index >= 15 is 0 Å². The number of nitrogens with zero attached hydrogens (tertiary/aromatic N) is 1. The molecule has 5 nitrogen and oxygen atoms in total. The second-order valence-corrected chi connectivity index (χ2v) is 6.72. The van der Waals surface area contributed by atoms with Gasteiger partial charge in [-0.05, 0) is 55.7 Å². The minimum atomic E-state index is 0.00429. The van der Waals surface area contributed by atoms with Gasteiger partial charge in [-0.2, -0.15) is 0 Å². The third-order valence-corrected chi connectivity index (χ3v) is 4.99. The molecule has 138 valence electrons. The highest BCUT2D eigenvalue weighted by Gasteiger charge is 2.27. The van der Waals surface area contributed by atoms with Crippen molar-refractivity contribution in [3.05, 3.63) is 53.1 Å². The third-order valence-electron chi connectivity index (χ3n) is 4.99. The average molecular weight is 354 g/mol. The van der Waals surface area contributed by atoms with Crippen molar-refractivity contribution in [2.24, 2.45) is 0 Å². The van der Waals surface area contributed by atoms with Crippen molar-refractivity contribution in [1.82, 2.24) is 4.90 Å². The molecule has 2 aromatic carbocycles. The summed E-state index contributed by atoms with van der Waals surface area (Å²) in [5.41, 5.74) is 4.45. The zero-order valence-electron chi connectivity index (χ0n) is 15.8. The Morgan fingerprint density at radius 3 is 2.46 bits per heavy atom. The molecular weight excluding hydrogens is 328 g/mol. The highest BCUT2D eigenvalue weighted by Crippen LogP contribution is 2.37. The van der Waals surface area contributed by atoms with Crippen molar-refractivity contribution in [3.63, 3.8) is 0 Å². The molecule has 1 amide bonds. The third kappa shape index (κ3) is 3.83. The van der Waals surface area contributed by atoms with Crippen LogP contribution in [0.4, 0.5) is 5.69 Å². The van der Waals surface area contributed by atoms with Crippen molar-refractivity contribution in [3.8, 4) is 11.5 Å². The van der Waals surface area contributed by atoms with E-state index in [0.717, 1.165) is 30.2 Å². The number of methoxy groups -OCH3 is 2. The molecule has 3 rings (SSSR count). The number of benzene rings is 2. The molecule has 0 aromatic heterocycles. The van der Waals surface area contributed by atoms with Gasteiger partial charge in [-0.1, -0.05) is 17.7 Å². The van der Waals surface area contributed by atoms with Crippen LogP contribution >= 0.6 is 0 Å². The van der Waals surface area contributed by atoms with Gasteiger partial charge in [0.2, 0.25) is 5.91 Å². The van der Waals surface area contributed by atoms with Gasteiger partial charge < -0.3 is 14.8 Å². The Labute approximate surface area is 154 Å². The van der Waals surface area contributed by atoms with E-state index in [-0.39, 0.29) is 11.9 Å². The maximum absolute atomic E-state index is 12.4. The van der Waals surface area contributed by atoms with Gasteiger partial charge in [0.1, 0.15) is 0 Å². The summed E-state index contributed by atoms with van der Waals surface area (Å²) < 4.78 is 10.8. The molecule has 5 heteroatoms. The number of nitrogens with one attached hydrogen (secondary N) is 1. The average Bonchev–Trinajstić information content (AvgIpc) is 2.65. The van der Waals surface area contributed by atoms with Crippen LogP contribution in [-0.2, 0) is 11.2 Å². The smallest absolute Gasteiger partial charge is 0.238 e. The molecule has 26 heavy (non-hydrogen) atoms. The molecule has 0 fully saturated rings. The Balaban J connectivity index is 1.71. The number of ether oxygens (including phenoxy) is 2. The standard InChI is InChI=1S/C21H26N2O3/c1-14-5-7-17(8-6-14)22-21(24)13-23-10-9-16-11-19(25-3)20(26-4)12-18(16)15(23)2/h5-8,11-12,15H,9-10,13H2,1-4H3,(H,22,24). The molecule has 1 heterocycles. The second kappa shape index (κ2) is 7.79. The van der Waals surface area contributed by atoms with Gasteiger partial charge >= 0.3 is 0 Å². The first kappa shape index (κ1) is 18.3. The zero-order valence-corrected chi connectivity index (χ0v) is 15.8. The fourth-order valence-electron chi connectivity index (χ4n) is 3.43. The summed E-state index contributed by atoms with van der Waals surface area (Å²) in [6, 6.07) is 12.1. The number of hydrogen-bond donors (Lipinski definition) is 1. The van der Waals surface area contributed by atoms with Gasteiger partial charge in [0.15, 0.2) is 11.5 Å². The van der Waals surface area contributed by atoms with E-state index in [1.54, 1.807) is 14.2 Å². The van der Waals surface area contributed by atoms with Gasteiger partial charge in [-0.25, -0.2) is 0 Å². The summed E-state index contributed by atoms with van der Waals surface area (Å²) in [6.07, 6.45) is 0.887. The predicted molar refractivity (Wildman–Crippen MR) is 103 cm³/mol. The SMILES string of the molecule is COc1cc2c(cc1OC)C(C)N(CC(=O)Nc1ccc(C)cc1)CC2. The quantitative estimate of drug-likeness (QED) is 0.892. The minimum absolute atomic E-state index is 0.00429. The van der Waals surface area contributed by atoms with Gasteiger partial charge in [0.25, 0.3) is 0 Å².